The first kappa shape index (κ1) is 18.1. The van der Waals surface area contributed by atoms with E-state index in [0.717, 1.165) is 31.5 Å². The summed E-state index contributed by atoms with van der Waals surface area (Å²) in [6.45, 7) is 8.29. The number of carbonyl (C=O) groups is 1. The number of phenols is 1. The standard InChI is InChI=1S/C18H28N4O2/c1-3-19-18(22-12-8-14(2)9-13-22)21-11-10-20-17(24)15-4-6-16(23)7-5-15/h4-7,14,23H,3,8-13H2,1-2H3,(H,19,21)(H,20,24). The minimum Gasteiger partial charge on any atom is -0.508 e. The second kappa shape index (κ2) is 9.15. The summed E-state index contributed by atoms with van der Waals surface area (Å²) in [6, 6.07) is 6.22. The summed E-state index contributed by atoms with van der Waals surface area (Å²) < 4.78 is 0. The number of amides is 1. The van der Waals surface area contributed by atoms with Crippen LogP contribution in [0.5, 0.6) is 5.75 Å². The summed E-state index contributed by atoms with van der Waals surface area (Å²) in [4.78, 5) is 18.9. The van der Waals surface area contributed by atoms with Gasteiger partial charge < -0.3 is 20.6 Å². The molecular formula is C18H28N4O2. The van der Waals surface area contributed by atoms with Gasteiger partial charge in [-0.3, -0.25) is 9.79 Å². The first-order valence-corrected chi connectivity index (χ1v) is 8.70. The van der Waals surface area contributed by atoms with E-state index < -0.39 is 0 Å². The molecule has 0 bridgehead atoms. The van der Waals surface area contributed by atoms with Crippen molar-refractivity contribution in [1.29, 1.82) is 0 Å². The molecule has 1 saturated heterocycles. The zero-order valence-electron chi connectivity index (χ0n) is 14.6. The number of likely N-dealkylation sites (tertiary alicyclic amines) is 1. The molecule has 0 atom stereocenters. The molecule has 132 valence electrons. The molecule has 1 aromatic carbocycles. The highest BCUT2D eigenvalue weighted by molar-refractivity contribution is 5.94. The molecule has 3 N–H and O–H groups in total. The van der Waals surface area contributed by atoms with E-state index in [2.05, 4.69) is 34.4 Å². The molecule has 24 heavy (non-hydrogen) atoms. The summed E-state index contributed by atoms with van der Waals surface area (Å²) in [7, 11) is 0. The predicted octanol–water partition coefficient (Wildman–Crippen LogP) is 1.82. The summed E-state index contributed by atoms with van der Waals surface area (Å²) in [6.07, 6.45) is 2.39. The second-order valence-corrected chi connectivity index (χ2v) is 6.21. The monoisotopic (exact) mass is 332 g/mol. The van der Waals surface area contributed by atoms with Crippen LogP contribution in [0.3, 0.4) is 0 Å². The highest BCUT2D eigenvalue weighted by Crippen LogP contribution is 2.15. The summed E-state index contributed by atoms with van der Waals surface area (Å²) in [5, 5.41) is 15.4. The van der Waals surface area contributed by atoms with E-state index in [1.165, 1.54) is 25.0 Å². The number of hydrogen-bond donors (Lipinski definition) is 3. The second-order valence-electron chi connectivity index (χ2n) is 6.21. The van der Waals surface area contributed by atoms with Gasteiger partial charge in [0.1, 0.15) is 5.75 Å². The number of guanidine groups is 1. The smallest absolute Gasteiger partial charge is 0.251 e. The van der Waals surface area contributed by atoms with Gasteiger partial charge in [-0.05, 0) is 49.9 Å². The molecule has 2 rings (SSSR count). The third kappa shape index (κ3) is 5.44. The van der Waals surface area contributed by atoms with E-state index in [4.69, 9.17) is 0 Å². The normalized spacial score (nSPS) is 16.1. The molecule has 0 aliphatic carbocycles. The van der Waals surface area contributed by atoms with Gasteiger partial charge in [-0.1, -0.05) is 6.92 Å². The van der Waals surface area contributed by atoms with E-state index in [9.17, 15) is 9.90 Å². The maximum atomic E-state index is 12.0. The van der Waals surface area contributed by atoms with Crippen molar-refractivity contribution in [3.05, 3.63) is 29.8 Å². The largest absolute Gasteiger partial charge is 0.508 e. The van der Waals surface area contributed by atoms with Crippen molar-refractivity contribution >= 4 is 11.9 Å². The van der Waals surface area contributed by atoms with E-state index in [-0.39, 0.29) is 11.7 Å². The first-order chi connectivity index (χ1) is 11.6. The summed E-state index contributed by atoms with van der Waals surface area (Å²) >= 11 is 0. The lowest BCUT2D eigenvalue weighted by Crippen LogP contribution is -2.45. The Morgan fingerprint density at radius 3 is 2.54 bits per heavy atom. The molecule has 6 nitrogen and oxygen atoms in total. The fraction of sp³-hybridized carbons (Fsp3) is 0.556. The Kier molecular flexibility index (Phi) is 6.90. The topological polar surface area (TPSA) is 77.0 Å². The van der Waals surface area contributed by atoms with Crippen LogP contribution >= 0.6 is 0 Å². The Balaban J connectivity index is 1.81. The molecule has 0 saturated carbocycles. The van der Waals surface area contributed by atoms with Gasteiger partial charge >= 0.3 is 0 Å². The fourth-order valence-corrected chi connectivity index (χ4v) is 2.69. The van der Waals surface area contributed by atoms with Gasteiger partial charge in [-0.25, -0.2) is 0 Å². The number of nitrogens with one attached hydrogen (secondary N) is 2. The quantitative estimate of drug-likeness (QED) is 0.437. The number of hydrogen-bond acceptors (Lipinski definition) is 3. The maximum Gasteiger partial charge on any atom is 0.251 e. The number of benzene rings is 1. The van der Waals surface area contributed by atoms with Gasteiger partial charge in [0, 0.05) is 31.7 Å². The van der Waals surface area contributed by atoms with Crippen LogP contribution in [0.1, 0.15) is 37.0 Å². The number of nitrogens with zero attached hydrogens (tertiary/aromatic N) is 2. The van der Waals surface area contributed by atoms with Crippen molar-refractivity contribution < 1.29 is 9.90 Å². The number of rotatable bonds is 5. The fourth-order valence-electron chi connectivity index (χ4n) is 2.69. The molecule has 0 aromatic heterocycles. The number of carbonyl (C=O) groups excluding carboxylic acids is 1. The van der Waals surface area contributed by atoms with Gasteiger partial charge in [0.2, 0.25) is 0 Å². The number of phenolic OH excluding ortho intramolecular Hbond substituents is 1. The van der Waals surface area contributed by atoms with E-state index in [1.54, 1.807) is 12.1 Å². The van der Waals surface area contributed by atoms with Gasteiger partial charge in [0.15, 0.2) is 5.96 Å². The zero-order valence-corrected chi connectivity index (χ0v) is 14.6. The third-order valence-electron chi connectivity index (χ3n) is 4.21. The van der Waals surface area contributed by atoms with Crippen molar-refractivity contribution in [1.82, 2.24) is 15.5 Å². The number of aliphatic imine (C=N–C) groups is 1. The number of aromatic hydroxyl groups is 1. The Morgan fingerprint density at radius 1 is 1.25 bits per heavy atom. The van der Waals surface area contributed by atoms with Crippen LogP contribution in [0.4, 0.5) is 0 Å². The Labute approximate surface area is 144 Å². The van der Waals surface area contributed by atoms with Crippen LogP contribution in [-0.4, -0.2) is 54.6 Å². The summed E-state index contributed by atoms with van der Waals surface area (Å²) in [5.41, 5.74) is 0.536. The minimum absolute atomic E-state index is 0.151. The molecule has 1 fully saturated rings. The highest BCUT2D eigenvalue weighted by atomic mass is 16.3. The summed E-state index contributed by atoms with van der Waals surface area (Å²) in [5.74, 6) is 1.72. The van der Waals surface area contributed by atoms with Crippen molar-refractivity contribution in [2.45, 2.75) is 26.7 Å². The van der Waals surface area contributed by atoms with Crippen molar-refractivity contribution in [3.63, 3.8) is 0 Å². The lowest BCUT2D eigenvalue weighted by atomic mass is 10.00. The zero-order chi connectivity index (χ0) is 17.4. The molecule has 0 spiro atoms. The minimum atomic E-state index is -0.151. The SMILES string of the molecule is CCNC(=NCCNC(=O)c1ccc(O)cc1)N1CCC(C)CC1. The van der Waals surface area contributed by atoms with Gasteiger partial charge in [-0.2, -0.15) is 0 Å². The van der Waals surface area contributed by atoms with Crippen LogP contribution in [0.2, 0.25) is 0 Å². The maximum absolute atomic E-state index is 12.0. The lowest BCUT2D eigenvalue weighted by molar-refractivity contribution is 0.0954. The molecule has 1 heterocycles. The van der Waals surface area contributed by atoms with Crippen LogP contribution in [0.15, 0.2) is 29.3 Å². The Morgan fingerprint density at radius 2 is 1.92 bits per heavy atom. The number of piperidine rings is 1. The average Bonchev–Trinajstić information content (AvgIpc) is 2.59. The van der Waals surface area contributed by atoms with Gasteiger partial charge in [0.25, 0.3) is 5.91 Å². The Bertz CT molecular complexity index is 549. The van der Waals surface area contributed by atoms with Crippen molar-refractivity contribution in [2.24, 2.45) is 10.9 Å². The molecule has 1 aliphatic heterocycles. The van der Waals surface area contributed by atoms with E-state index >= 15 is 0 Å². The average molecular weight is 332 g/mol. The molecular weight excluding hydrogens is 304 g/mol. The predicted molar refractivity (Wildman–Crippen MR) is 96.4 cm³/mol. The van der Waals surface area contributed by atoms with Crippen LogP contribution < -0.4 is 10.6 Å². The molecule has 1 amide bonds. The van der Waals surface area contributed by atoms with E-state index in [1.807, 2.05) is 0 Å². The molecule has 6 heteroatoms. The third-order valence-corrected chi connectivity index (χ3v) is 4.21. The molecule has 1 aromatic rings. The highest BCUT2D eigenvalue weighted by Gasteiger charge is 2.18. The van der Waals surface area contributed by atoms with Crippen LogP contribution in [0.25, 0.3) is 0 Å². The van der Waals surface area contributed by atoms with Crippen molar-refractivity contribution in [2.75, 3.05) is 32.7 Å². The van der Waals surface area contributed by atoms with Crippen LogP contribution in [-0.2, 0) is 0 Å². The van der Waals surface area contributed by atoms with Crippen molar-refractivity contribution in [3.8, 4) is 5.75 Å². The Hall–Kier alpha value is -2.24. The first-order valence-electron chi connectivity index (χ1n) is 8.70. The molecule has 1 aliphatic rings. The van der Waals surface area contributed by atoms with Crippen LogP contribution in [0, 0.1) is 5.92 Å². The van der Waals surface area contributed by atoms with Gasteiger partial charge in [0.05, 0.1) is 6.54 Å². The van der Waals surface area contributed by atoms with Gasteiger partial charge in [-0.15, -0.1) is 0 Å². The molecule has 0 unspecified atom stereocenters. The van der Waals surface area contributed by atoms with E-state index in [0.29, 0.717) is 18.7 Å². The lowest BCUT2D eigenvalue weighted by Gasteiger charge is -2.33. The molecule has 0 radical (unpaired) electrons.